The van der Waals surface area contributed by atoms with Gasteiger partial charge in [0.1, 0.15) is 12.6 Å². The van der Waals surface area contributed by atoms with Crippen molar-refractivity contribution in [2.75, 3.05) is 19.8 Å². The minimum absolute atomic E-state index is 0.0646. The molecule has 0 aliphatic carbocycles. The Morgan fingerprint density at radius 3 is 2.94 bits per heavy atom. The van der Waals surface area contributed by atoms with E-state index >= 15 is 0 Å². The van der Waals surface area contributed by atoms with Crippen LogP contribution in [0, 0.1) is 0 Å². The molecule has 1 fully saturated rings. The van der Waals surface area contributed by atoms with Gasteiger partial charge in [-0.3, -0.25) is 9.59 Å². The minimum atomic E-state index is -1.07. The molecule has 0 aromatic carbocycles. The first-order chi connectivity index (χ1) is 7.59. The second-order valence-corrected chi connectivity index (χ2v) is 3.72. The first-order valence-corrected chi connectivity index (χ1v) is 5.32. The summed E-state index contributed by atoms with van der Waals surface area (Å²) >= 11 is 0. The summed E-state index contributed by atoms with van der Waals surface area (Å²) in [5.74, 6) is -1.49. The Labute approximate surface area is 93.9 Å². The van der Waals surface area contributed by atoms with E-state index in [0.717, 1.165) is 19.4 Å². The zero-order valence-electron chi connectivity index (χ0n) is 9.27. The van der Waals surface area contributed by atoms with Gasteiger partial charge in [-0.25, -0.2) is 0 Å². The molecule has 92 valence electrons. The third-order valence-electron chi connectivity index (χ3n) is 2.34. The monoisotopic (exact) mass is 231 g/mol. The number of rotatable bonds is 6. The molecule has 1 rings (SSSR count). The quantitative estimate of drug-likeness (QED) is 0.659. The van der Waals surface area contributed by atoms with Gasteiger partial charge in [-0.2, -0.15) is 0 Å². The molecule has 6 heteroatoms. The third kappa shape index (κ3) is 4.59. The molecule has 16 heavy (non-hydrogen) atoms. The maximum absolute atomic E-state index is 11.3. The van der Waals surface area contributed by atoms with Crippen molar-refractivity contribution >= 4 is 11.9 Å². The predicted molar refractivity (Wildman–Crippen MR) is 55.0 cm³/mol. The van der Waals surface area contributed by atoms with Crippen LogP contribution in [0.5, 0.6) is 0 Å². The Morgan fingerprint density at radius 2 is 2.38 bits per heavy atom. The molecule has 0 aromatic rings. The molecule has 1 amide bonds. The number of carboxylic acids is 1. The first-order valence-electron chi connectivity index (χ1n) is 5.32. The van der Waals surface area contributed by atoms with Crippen molar-refractivity contribution in [1.29, 1.82) is 0 Å². The van der Waals surface area contributed by atoms with Crippen LogP contribution in [0.15, 0.2) is 0 Å². The molecule has 2 atom stereocenters. The normalized spacial score (nSPS) is 21.7. The average molecular weight is 231 g/mol. The van der Waals surface area contributed by atoms with Crippen molar-refractivity contribution in [3.63, 3.8) is 0 Å². The van der Waals surface area contributed by atoms with Gasteiger partial charge >= 0.3 is 5.97 Å². The molecular weight excluding hydrogens is 214 g/mol. The van der Waals surface area contributed by atoms with Gasteiger partial charge in [0.15, 0.2) is 0 Å². The minimum Gasteiger partial charge on any atom is -0.480 e. The fourth-order valence-electron chi connectivity index (χ4n) is 1.41. The van der Waals surface area contributed by atoms with E-state index < -0.39 is 18.0 Å². The van der Waals surface area contributed by atoms with Crippen molar-refractivity contribution < 1.29 is 24.2 Å². The van der Waals surface area contributed by atoms with Gasteiger partial charge in [-0.05, 0) is 19.8 Å². The summed E-state index contributed by atoms with van der Waals surface area (Å²) < 4.78 is 10.6. The van der Waals surface area contributed by atoms with Gasteiger partial charge in [0.25, 0.3) is 0 Å². The van der Waals surface area contributed by atoms with E-state index in [0.29, 0.717) is 6.61 Å². The number of carboxylic acid groups (broad SMARTS) is 1. The van der Waals surface area contributed by atoms with Crippen LogP contribution in [0.4, 0.5) is 0 Å². The lowest BCUT2D eigenvalue weighted by Crippen LogP contribution is -2.38. The zero-order valence-corrected chi connectivity index (χ0v) is 9.27. The number of amides is 1. The van der Waals surface area contributed by atoms with Gasteiger partial charge in [-0.1, -0.05) is 0 Å². The van der Waals surface area contributed by atoms with E-state index in [4.69, 9.17) is 14.6 Å². The molecular formula is C10H17NO5. The van der Waals surface area contributed by atoms with Gasteiger partial charge in [0.05, 0.1) is 12.7 Å². The summed E-state index contributed by atoms with van der Waals surface area (Å²) in [6.07, 6.45) is 1.38. The zero-order chi connectivity index (χ0) is 12.0. The largest absolute Gasteiger partial charge is 0.480 e. The number of nitrogens with one attached hydrogen (secondary N) is 1. The predicted octanol–water partition coefficient (Wildman–Crippen LogP) is -0.229. The molecule has 1 aliphatic rings. The molecule has 6 nitrogen and oxygen atoms in total. The molecule has 0 saturated carbocycles. The fourth-order valence-corrected chi connectivity index (χ4v) is 1.41. The van der Waals surface area contributed by atoms with E-state index in [-0.39, 0.29) is 12.6 Å². The Morgan fingerprint density at radius 1 is 1.62 bits per heavy atom. The standard InChI is InChI=1S/C10H17NO5/c1-7(10(14)11-5-9(12)13)16-6-8-3-2-4-15-8/h7-8H,2-6H2,1H3,(H,11,14)(H,12,13). The Kier molecular flexibility index (Phi) is 5.21. The maximum Gasteiger partial charge on any atom is 0.322 e. The summed E-state index contributed by atoms with van der Waals surface area (Å²) in [6.45, 7) is 2.33. The molecule has 2 N–H and O–H groups in total. The fraction of sp³-hybridized carbons (Fsp3) is 0.800. The summed E-state index contributed by atoms with van der Waals surface area (Å²) in [4.78, 5) is 21.5. The topological polar surface area (TPSA) is 84.9 Å². The molecule has 0 aromatic heterocycles. The van der Waals surface area contributed by atoms with Crippen LogP contribution in [0.3, 0.4) is 0 Å². The molecule has 1 saturated heterocycles. The van der Waals surface area contributed by atoms with Crippen LogP contribution in [-0.2, 0) is 19.1 Å². The van der Waals surface area contributed by atoms with Crippen LogP contribution in [0.25, 0.3) is 0 Å². The number of ether oxygens (including phenoxy) is 2. The highest BCUT2D eigenvalue weighted by Crippen LogP contribution is 2.12. The Balaban J connectivity index is 2.15. The van der Waals surface area contributed by atoms with Crippen molar-refractivity contribution in [3.8, 4) is 0 Å². The number of aliphatic carboxylic acids is 1. The van der Waals surface area contributed by atoms with Gasteiger partial charge < -0.3 is 19.9 Å². The van der Waals surface area contributed by atoms with Crippen LogP contribution < -0.4 is 5.32 Å². The van der Waals surface area contributed by atoms with Gasteiger partial charge in [0.2, 0.25) is 5.91 Å². The molecule has 1 heterocycles. The van der Waals surface area contributed by atoms with E-state index in [9.17, 15) is 9.59 Å². The number of carbonyl (C=O) groups is 2. The highest BCUT2D eigenvalue weighted by atomic mass is 16.5. The summed E-state index contributed by atoms with van der Waals surface area (Å²) in [7, 11) is 0. The van der Waals surface area contributed by atoms with Crippen LogP contribution in [0.1, 0.15) is 19.8 Å². The highest BCUT2D eigenvalue weighted by Gasteiger charge is 2.19. The summed E-state index contributed by atoms with van der Waals surface area (Å²) in [5.41, 5.74) is 0. The van der Waals surface area contributed by atoms with Crippen molar-refractivity contribution in [2.45, 2.75) is 32.0 Å². The summed E-state index contributed by atoms with van der Waals surface area (Å²) in [5, 5.41) is 10.6. The van der Waals surface area contributed by atoms with E-state index in [1.807, 2.05) is 0 Å². The van der Waals surface area contributed by atoms with Crippen molar-refractivity contribution in [3.05, 3.63) is 0 Å². The van der Waals surface area contributed by atoms with Crippen LogP contribution in [0.2, 0.25) is 0 Å². The lowest BCUT2D eigenvalue weighted by atomic mass is 10.2. The number of carbonyl (C=O) groups excluding carboxylic acids is 1. The van der Waals surface area contributed by atoms with E-state index in [1.54, 1.807) is 6.92 Å². The Bertz CT molecular complexity index is 250. The molecule has 0 bridgehead atoms. The lowest BCUT2D eigenvalue weighted by molar-refractivity contribution is -0.141. The maximum atomic E-state index is 11.3. The van der Waals surface area contributed by atoms with E-state index in [1.165, 1.54) is 0 Å². The number of hydrogen-bond donors (Lipinski definition) is 2. The third-order valence-corrected chi connectivity index (χ3v) is 2.34. The van der Waals surface area contributed by atoms with Crippen molar-refractivity contribution in [2.24, 2.45) is 0 Å². The second-order valence-electron chi connectivity index (χ2n) is 3.72. The number of hydrogen-bond acceptors (Lipinski definition) is 4. The highest BCUT2D eigenvalue weighted by molar-refractivity contribution is 5.84. The molecule has 1 aliphatic heterocycles. The molecule has 0 spiro atoms. The van der Waals surface area contributed by atoms with E-state index in [2.05, 4.69) is 5.32 Å². The summed E-state index contributed by atoms with van der Waals surface area (Å²) in [6, 6.07) is 0. The van der Waals surface area contributed by atoms with Crippen LogP contribution >= 0.6 is 0 Å². The first kappa shape index (κ1) is 12.9. The second kappa shape index (κ2) is 6.44. The van der Waals surface area contributed by atoms with Crippen molar-refractivity contribution in [1.82, 2.24) is 5.32 Å². The Hall–Kier alpha value is -1.14. The van der Waals surface area contributed by atoms with Gasteiger partial charge in [-0.15, -0.1) is 0 Å². The molecule has 0 radical (unpaired) electrons. The van der Waals surface area contributed by atoms with Gasteiger partial charge in [0, 0.05) is 6.61 Å². The van der Waals surface area contributed by atoms with Crippen LogP contribution in [-0.4, -0.2) is 48.9 Å². The SMILES string of the molecule is CC(OCC1CCCO1)C(=O)NCC(=O)O. The smallest absolute Gasteiger partial charge is 0.322 e. The molecule has 2 unspecified atom stereocenters. The lowest BCUT2D eigenvalue weighted by Gasteiger charge is -2.15. The average Bonchev–Trinajstić information content (AvgIpc) is 2.75.